The van der Waals surface area contributed by atoms with Crippen LogP contribution in [0.4, 0.5) is 0 Å². The molecule has 2 N–H and O–H groups in total. The SMILES string of the molecule is C=C(/C=C\C(=C)OC(=O)c1ccc(OCCCCCCCCCCCCO)cc1)OCCCCCCO. The van der Waals surface area contributed by atoms with Crippen LogP contribution in [0.25, 0.3) is 0 Å². The van der Waals surface area contributed by atoms with Crippen molar-refractivity contribution in [1.82, 2.24) is 0 Å². The van der Waals surface area contributed by atoms with E-state index in [1.807, 2.05) is 0 Å². The van der Waals surface area contributed by atoms with Crippen molar-refractivity contribution in [2.75, 3.05) is 26.4 Å². The van der Waals surface area contributed by atoms with Crippen molar-refractivity contribution in [2.24, 2.45) is 0 Å². The zero-order valence-electron chi connectivity index (χ0n) is 22.6. The van der Waals surface area contributed by atoms with Gasteiger partial charge in [-0.25, -0.2) is 4.79 Å². The molecule has 0 saturated heterocycles. The Hall–Kier alpha value is -2.57. The van der Waals surface area contributed by atoms with Gasteiger partial charge in [0.05, 0.1) is 18.8 Å². The minimum atomic E-state index is -0.481. The summed E-state index contributed by atoms with van der Waals surface area (Å²) in [6.45, 7) is 9.34. The smallest absolute Gasteiger partial charge is 0.343 e. The Morgan fingerprint density at radius 2 is 1.11 bits per heavy atom. The van der Waals surface area contributed by atoms with Gasteiger partial charge in [0.2, 0.25) is 0 Å². The van der Waals surface area contributed by atoms with E-state index in [0.29, 0.717) is 31.1 Å². The van der Waals surface area contributed by atoms with Gasteiger partial charge >= 0.3 is 5.97 Å². The highest BCUT2D eigenvalue weighted by Gasteiger charge is 2.08. The molecule has 0 unspecified atom stereocenters. The first-order valence-electron chi connectivity index (χ1n) is 13.9. The van der Waals surface area contributed by atoms with Gasteiger partial charge in [0, 0.05) is 13.2 Å². The van der Waals surface area contributed by atoms with Gasteiger partial charge in [-0.05, 0) is 68.5 Å². The summed E-state index contributed by atoms with van der Waals surface area (Å²) in [5, 5.41) is 17.5. The second kappa shape index (κ2) is 22.6. The van der Waals surface area contributed by atoms with Gasteiger partial charge in [0.15, 0.2) is 0 Å². The number of rotatable bonds is 24. The van der Waals surface area contributed by atoms with Crippen LogP contribution >= 0.6 is 0 Å². The lowest BCUT2D eigenvalue weighted by molar-refractivity contribution is 0.0638. The third kappa shape index (κ3) is 18.3. The second-order valence-corrected chi connectivity index (χ2v) is 9.27. The summed E-state index contributed by atoms with van der Waals surface area (Å²) in [6.07, 6.45) is 18.7. The third-order valence-electron chi connectivity index (χ3n) is 5.93. The van der Waals surface area contributed by atoms with Crippen molar-refractivity contribution in [3.63, 3.8) is 0 Å². The number of hydrogen-bond donors (Lipinski definition) is 2. The normalized spacial score (nSPS) is 11.0. The molecule has 0 aliphatic heterocycles. The molecule has 0 aliphatic carbocycles. The minimum absolute atomic E-state index is 0.208. The van der Waals surface area contributed by atoms with Crippen LogP contribution in [0.15, 0.2) is 61.1 Å². The number of benzene rings is 1. The van der Waals surface area contributed by atoms with Crippen LogP contribution in [0, 0.1) is 0 Å². The maximum Gasteiger partial charge on any atom is 0.343 e. The van der Waals surface area contributed by atoms with Crippen LogP contribution in [0.1, 0.15) is 100 Å². The van der Waals surface area contributed by atoms with E-state index in [4.69, 9.17) is 24.4 Å². The van der Waals surface area contributed by atoms with E-state index >= 15 is 0 Å². The number of esters is 1. The zero-order valence-corrected chi connectivity index (χ0v) is 22.6. The maximum absolute atomic E-state index is 12.3. The Morgan fingerprint density at radius 3 is 1.65 bits per heavy atom. The van der Waals surface area contributed by atoms with Crippen LogP contribution in [0.5, 0.6) is 5.75 Å². The molecule has 0 bridgehead atoms. The fourth-order valence-electron chi connectivity index (χ4n) is 3.72. The molecule has 6 nitrogen and oxygen atoms in total. The van der Waals surface area contributed by atoms with Gasteiger partial charge in [0.1, 0.15) is 17.3 Å². The molecule has 0 amide bonds. The summed E-state index contributed by atoms with van der Waals surface area (Å²) < 4.78 is 16.6. The van der Waals surface area contributed by atoms with Gasteiger partial charge < -0.3 is 24.4 Å². The van der Waals surface area contributed by atoms with Gasteiger partial charge in [-0.15, -0.1) is 0 Å². The summed E-state index contributed by atoms with van der Waals surface area (Å²) in [7, 11) is 0. The van der Waals surface area contributed by atoms with Gasteiger partial charge in [-0.1, -0.05) is 70.9 Å². The first kappa shape index (κ1) is 32.5. The van der Waals surface area contributed by atoms with Crippen LogP contribution in [0.2, 0.25) is 0 Å². The van der Waals surface area contributed by atoms with E-state index in [2.05, 4.69) is 13.2 Å². The minimum Gasteiger partial charge on any atom is -0.494 e. The lowest BCUT2D eigenvalue weighted by atomic mass is 10.1. The molecule has 0 aromatic heterocycles. The van der Waals surface area contributed by atoms with Crippen molar-refractivity contribution in [1.29, 1.82) is 0 Å². The van der Waals surface area contributed by atoms with Crippen molar-refractivity contribution in [3.8, 4) is 5.75 Å². The fraction of sp³-hybridized carbons (Fsp3) is 0.581. The summed E-state index contributed by atoms with van der Waals surface area (Å²) in [6, 6.07) is 6.94. The molecule has 0 spiro atoms. The molecule has 1 aromatic carbocycles. The Balaban J connectivity index is 2.14. The van der Waals surface area contributed by atoms with Crippen LogP contribution in [-0.4, -0.2) is 42.6 Å². The molecule has 0 heterocycles. The molecular weight excluding hydrogens is 468 g/mol. The monoisotopic (exact) mass is 516 g/mol. The molecule has 0 aliphatic rings. The number of unbranched alkanes of at least 4 members (excludes halogenated alkanes) is 12. The van der Waals surface area contributed by atoms with E-state index < -0.39 is 5.97 Å². The predicted molar refractivity (Wildman–Crippen MR) is 150 cm³/mol. The second-order valence-electron chi connectivity index (χ2n) is 9.27. The lowest BCUT2D eigenvalue weighted by Gasteiger charge is -2.08. The fourth-order valence-corrected chi connectivity index (χ4v) is 3.72. The number of allylic oxidation sites excluding steroid dienone is 2. The van der Waals surface area contributed by atoms with Crippen molar-refractivity contribution < 1.29 is 29.2 Å². The largest absolute Gasteiger partial charge is 0.494 e. The number of carbonyl (C=O) groups is 1. The highest BCUT2D eigenvalue weighted by molar-refractivity contribution is 5.90. The van der Waals surface area contributed by atoms with Gasteiger partial charge in [-0.2, -0.15) is 0 Å². The van der Waals surface area contributed by atoms with Crippen LogP contribution < -0.4 is 4.74 Å². The average molecular weight is 517 g/mol. The molecule has 0 fully saturated rings. The molecule has 6 heteroatoms. The summed E-state index contributed by atoms with van der Waals surface area (Å²) in [5.74, 6) is 0.943. The Bertz CT molecular complexity index is 768. The maximum atomic E-state index is 12.3. The molecule has 37 heavy (non-hydrogen) atoms. The van der Waals surface area contributed by atoms with E-state index in [0.717, 1.165) is 57.1 Å². The van der Waals surface area contributed by atoms with Crippen molar-refractivity contribution >= 4 is 5.97 Å². The number of aliphatic hydroxyl groups excluding tert-OH is 2. The first-order chi connectivity index (χ1) is 18.1. The van der Waals surface area contributed by atoms with E-state index in [1.54, 1.807) is 36.4 Å². The topological polar surface area (TPSA) is 85.2 Å². The summed E-state index contributed by atoms with van der Waals surface area (Å²) >= 11 is 0. The molecule has 1 rings (SSSR count). The first-order valence-corrected chi connectivity index (χ1v) is 13.9. The lowest BCUT2D eigenvalue weighted by Crippen LogP contribution is -2.04. The summed E-state index contributed by atoms with van der Waals surface area (Å²) in [4.78, 5) is 12.3. The highest BCUT2D eigenvalue weighted by atomic mass is 16.5. The molecule has 0 radical (unpaired) electrons. The number of hydrogen-bond acceptors (Lipinski definition) is 6. The molecule has 1 aromatic rings. The average Bonchev–Trinajstić information content (AvgIpc) is 2.90. The van der Waals surface area contributed by atoms with E-state index in [9.17, 15) is 4.79 Å². The molecule has 0 saturated carbocycles. The molecule has 0 atom stereocenters. The molecular formula is C31H48O6. The number of aliphatic hydroxyl groups is 2. The third-order valence-corrected chi connectivity index (χ3v) is 5.93. The van der Waals surface area contributed by atoms with E-state index in [1.165, 1.54) is 38.5 Å². The zero-order chi connectivity index (χ0) is 27.0. The standard InChI is InChI=1S/C31H48O6/c1-27(35-25-15-12-10-14-24-33)17-18-28(2)37-31(34)29-19-21-30(22-20-29)36-26-16-11-8-6-4-3-5-7-9-13-23-32/h17-22,32-33H,1-16,23-26H2/b18-17-. The van der Waals surface area contributed by atoms with E-state index in [-0.39, 0.29) is 12.4 Å². The Morgan fingerprint density at radius 1 is 0.649 bits per heavy atom. The Kier molecular flexibility index (Phi) is 19.8. The van der Waals surface area contributed by atoms with Crippen LogP contribution in [0.3, 0.4) is 0 Å². The van der Waals surface area contributed by atoms with Crippen LogP contribution in [-0.2, 0) is 9.47 Å². The number of ether oxygens (including phenoxy) is 3. The summed E-state index contributed by atoms with van der Waals surface area (Å²) in [5.41, 5.74) is 0.427. The quantitative estimate of drug-likeness (QED) is 0.0650. The predicted octanol–water partition coefficient (Wildman–Crippen LogP) is 7.27. The number of carbonyl (C=O) groups excluding carboxylic acids is 1. The highest BCUT2D eigenvalue weighted by Crippen LogP contribution is 2.16. The van der Waals surface area contributed by atoms with Gasteiger partial charge in [-0.3, -0.25) is 0 Å². The molecule has 208 valence electrons. The van der Waals surface area contributed by atoms with Crippen molar-refractivity contribution in [2.45, 2.75) is 89.9 Å². The Labute approximate surface area is 224 Å². The van der Waals surface area contributed by atoms with Gasteiger partial charge in [0.25, 0.3) is 0 Å². The van der Waals surface area contributed by atoms with Crippen molar-refractivity contribution in [3.05, 3.63) is 66.7 Å².